The number of aromatic nitrogens is 1. The third-order valence-electron chi connectivity index (χ3n) is 17.8. The highest BCUT2D eigenvalue weighted by molar-refractivity contribution is 5.89. The van der Waals surface area contributed by atoms with Crippen molar-refractivity contribution in [3.8, 4) is 34.8 Å². The normalized spacial score (nSPS) is 25.1. The SMILES string of the molecule is COCNC1C=C2C#CC(CCc3ccc(O)c(Cc4cccc(O)c4)c3)CCCC3CC(O)C4CCc5c(c(CO)cc(O)c5OCc5cc(C67CCOCC6CCc6ccccc67)cc6cn(cc56)C(=C2CO3)N1)C4. The Labute approximate surface area is 451 Å². The highest BCUT2D eigenvalue weighted by Crippen LogP contribution is 2.52. The number of benzene rings is 5. The van der Waals surface area contributed by atoms with E-state index in [1.54, 1.807) is 31.4 Å². The van der Waals surface area contributed by atoms with Crippen molar-refractivity contribution < 1.29 is 44.5 Å². The number of phenols is 3. The van der Waals surface area contributed by atoms with E-state index in [1.165, 1.54) is 16.7 Å². The lowest BCUT2D eigenvalue weighted by molar-refractivity contribution is -0.00237. The molecule has 13 rings (SSSR count). The van der Waals surface area contributed by atoms with Gasteiger partial charge in [0.1, 0.15) is 30.1 Å². The zero-order valence-corrected chi connectivity index (χ0v) is 44.0. The van der Waals surface area contributed by atoms with Crippen LogP contribution in [0.1, 0.15) is 107 Å². The van der Waals surface area contributed by atoms with E-state index in [2.05, 4.69) is 88.0 Å². The van der Waals surface area contributed by atoms with Crippen LogP contribution in [0.2, 0.25) is 0 Å². The third-order valence-corrected chi connectivity index (χ3v) is 17.8. The predicted molar refractivity (Wildman–Crippen MR) is 296 cm³/mol. The Morgan fingerprint density at radius 3 is 2.66 bits per heavy atom. The van der Waals surface area contributed by atoms with Crippen LogP contribution in [0.25, 0.3) is 16.6 Å². The second-order valence-corrected chi connectivity index (χ2v) is 22.4. The number of rotatable bonds is 10. The highest BCUT2D eigenvalue weighted by Gasteiger charge is 2.48. The number of aliphatic hydroxyl groups is 2. The molecule has 7 N–H and O–H groups in total. The molecule has 0 saturated carbocycles. The van der Waals surface area contributed by atoms with E-state index in [1.807, 2.05) is 18.2 Å². The van der Waals surface area contributed by atoms with Crippen molar-refractivity contribution in [2.24, 2.45) is 17.8 Å². The Hall–Kier alpha value is -6.56. The van der Waals surface area contributed by atoms with Crippen molar-refractivity contribution in [2.75, 3.05) is 33.7 Å². The molecule has 12 heteroatoms. The van der Waals surface area contributed by atoms with E-state index in [-0.39, 0.29) is 66.6 Å². The lowest BCUT2D eigenvalue weighted by Gasteiger charge is -2.49. The number of nitrogens with one attached hydrogen (secondary N) is 2. The minimum atomic E-state index is -0.672. The van der Waals surface area contributed by atoms with Gasteiger partial charge < -0.3 is 54.4 Å². The summed E-state index contributed by atoms with van der Waals surface area (Å²) in [7, 11) is 1.68. The molecule has 0 amide bonds. The largest absolute Gasteiger partial charge is 0.508 e. The summed E-state index contributed by atoms with van der Waals surface area (Å²) < 4.78 is 28.0. The van der Waals surface area contributed by atoms with E-state index in [9.17, 15) is 25.5 Å². The van der Waals surface area contributed by atoms with Crippen LogP contribution in [0.3, 0.4) is 0 Å². The summed E-state index contributed by atoms with van der Waals surface area (Å²) in [5.74, 6) is 9.46. The zero-order chi connectivity index (χ0) is 52.6. The first-order valence-corrected chi connectivity index (χ1v) is 27.9. The first kappa shape index (κ1) is 51.2. The van der Waals surface area contributed by atoms with Gasteiger partial charge in [0.05, 0.1) is 38.8 Å². The van der Waals surface area contributed by atoms with E-state index < -0.39 is 6.10 Å². The lowest BCUT2D eigenvalue weighted by atomic mass is 9.57. The van der Waals surface area contributed by atoms with Crippen LogP contribution >= 0.6 is 0 Å². The molecule has 6 aromatic rings. The van der Waals surface area contributed by atoms with Crippen LogP contribution in [0.15, 0.2) is 115 Å². The molecule has 7 atom stereocenters. The Bertz CT molecular complexity index is 3310. The summed E-state index contributed by atoms with van der Waals surface area (Å²) in [6.07, 6.45) is 15.0. The zero-order valence-electron chi connectivity index (χ0n) is 44.0. The van der Waals surface area contributed by atoms with Gasteiger partial charge in [0.25, 0.3) is 0 Å². The van der Waals surface area contributed by atoms with Gasteiger partial charge in [-0.25, -0.2) is 0 Å². The van der Waals surface area contributed by atoms with Gasteiger partial charge >= 0.3 is 0 Å². The van der Waals surface area contributed by atoms with Crippen molar-refractivity contribution >= 4 is 16.6 Å². The quantitative estimate of drug-likeness (QED) is 0.0516. The van der Waals surface area contributed by atoms with E-state index in [0.29, 0.717) is 69.3 Å². The van der Waals surface area contributed by atoms with Crippen LogP contribution in [-0.2, 0) is 64.9 Å². The molecule has 5 aliphatic heterocycles. The van der Waals surface area contributed by atoms with E-state index in [0.717, 1.165) is 112 Å². The molecule has 12 nitrogen and oxygen atoms in total. The van der Waals surface area contributed by atoms with Crippen molar-refractivity contribution in [3.63, 3.8) is 0 Å². The fraction of sp³-hybridized carbons (Fsp3) is 0.415. The first-order valence-electron chi connectivity index (χ1n) is 27.9. The summed E-state index contributed by atoms with van der Waals surface area (Å²) in [6, 6.07) is 28.3. The number of aliphatic hydroxyl groups excluding tert-OH is 2. The number of methoxy groups -OCH3 is 1. The molecule has 77 heavy (non-hydrogen) atoms. The van der Waals surface area contributed by atoms with Gasteiger partial charge in [-0.1, -0.05) is 66.4 Å². The molecule has 7 aliphatic rings. The minimum absolute atomic E-state index is 0.0155. The topological polar surface area (TPSA) is 167 Å². The average Bonchev–Trinajstić information content (AvgIpc) is 3.96. The Kier molecular flexibility index (Phi) is 14.7. The van der Waals surface area contributed by atoms with Gasteiger partial charge in [0.2, 0.25) is 0 Å². The number of ether oxygens (including phenoxy) is 4. The summed E-state index contributed by atoms with van der Waals surface area (Å²) >= 11 is 0. The Balaban J connectivity index is 0.983. The smallest absolute Gasteiger partial charge is 0.164 e. The summed E-state index contributed by atoms with van der Waals surface area (Å²) in [6.45, 7) is 1.89. The van der Waals surface area contributed by atoms with Crippen LogP contribution in [0, 0.1) is 29.6 Å². The van der Waals surface area contributed by atoms with Crippen LogP contribution in [-0.4, -0.2) is 82.1 Å². The number of aryl methyl sites for hydroxylation is 2. The van der Waals surface area contributed by atoms with Crippen molar-refractivity contribution in [2.45, 2.75) is 120 Å². The number of phenolic OH excluding ortho intramolecular Hbond substituents is 3. The number of aromatic hydroxyl groups is 3. The first-order chi connectivity index (χ1) is 37.6. The number of hydrogen-bond donors (Lipinski definition) is 7. The standard InChI is InChI=1S/C65H71N3O9/c1-74-39-66-62-31-44-16-14-40(12-13-41-15-21-59(71)46(24-41)25-42-7-4-9-52(70)26-42)6-5-10-53-32-60(72)45-18-20-54-55(29-45)48(35-69)30-61(73)63(54)77-36-49-28-51(27-47-33-68(34-56(47)49)64(67-62)57(44)38-76-53)65-22-23-75-37-50(65)19-17-43-8-2-3-11-58(43)65/h2-4,7-9,11,15,21,24,26-28,30-31,33-34,40,45,50,53,60,62,66-67,69-73H,5-6,10,12-13,17-20,22-23,25,29,32,35-39H2,1H3. The molecule has 0 spiro atoms. The maximum atomic E-state index is 12.3. The summed E-state index contributed by atoms with van der Waals surface area (Å²) in [5, 5.41) is 65.2. The summed E-state index contributed by atoms with van der Waals surface area (Å²) in [4.78, 5) is 0. The van der Waals surface area contributed by atoms with Crippen LogP contribution < -0.4 is 15.4 Å². The molecule has 7 unspecified atom stereocenters. The monoisotopic (exact) mass is 1040 g/mol. The van der Waals surface area contributed by atoms with Gasteiger partial charge in [0, 0.05) is 71.3 Å². The molecule has 6 heterocycles. The second kappa shape index (κ2) is 22.1. The molecular weight excluding hydrogens is 967 g/mol. The Morgan fingerprint density at radius 1 is 0.870 bits per heavy atom. The fourth-order valence-corrected chi connectivity index (χ4v) is 13.8. The van der Waals surface area contributed by atoms with Crippen LogP contribution in [0.5, 0.6) is 23.0 Å². The summed E-state index contributed by atoms with van der Waals surface area (Å²) in [5.41, 5.74) is 11.9. The molecule has 5 aromatic carbocycles. The molecule has 2 aliphatic carbocycles. The molecule has 1 aromatic heterocycles. The third kappa shape index (κ3) is 10.3. The van der Waals surface area contributed by atoms with Crippen molar-refractivity contribution in [3.05, 3.63) is 170 Å². The Morgan fingerprint density at radius 2 is 1.78 bits per heavy atom. The van der Waals surface area contributed by atoms with Crippen molar-refractivity contribution in [1.82, 2.24) is 15.2 Å². The predicted octanol–water partition coefficient (Wildman–Crippen LogP) is 9.60. The lowest BCUT2D eigenvalue weighted by Crippen LogP contribution is -2.47. The molecular formula is C65H71N3O9. The number of hydrogen-bond acceptors (Lipinski definition) is 11. The molecule has 400 valence electrons. The van der Waals surface area contributed by atoms with Crippen molar-refractivity contribution in [1.29, 1.82) is 0 Å². The molecule has 0 radical (unpaired) electrons. The number of dihydropyridines is 1. The van der Waals surface area contributed by atoms with Crippen LogP contribution in [0.4, 0.5) is 0 Å². The molecule has 8 bridgehead atoms. The van der Waals surface area contributed by atoms with Gasteiger partial charge in [-0.05, 0) is 175 Å². The van der Waals surface area contributed by atoms with E-state index in [4.69, 9.17) is 18.9 Å². The minimum Gasteiger partial charge on any atom is -0.508 e. The van der Waals surface area contributed by atoms with Gasteiger partial charge in [0.15, 0.2) is 11.5 Å². The van der Waals surface area contributed by atoms with Gasteiger partial charge in [-0.2, -0.15) is 0 Å². The number of nitrogens with zero attached hydrogens (tertiary/aromatic N) is 1. The number of fused-ring (bicyclic) bond motifs is 6. The van der Waals surface area contributed by atoms with Gasteiger partial charge in [-0.3, -0.25) is 5.32 Å². The molecule has 1 saturated heterocycles. The molecule has 1 fully saturated rings. The maximum Gasteiger partial charge on any atom is 0.164 e. The van der Waals surface area contributed by atoms with E-state index >= 15 is 0 Å². The highest BCUT2D eigenvalue weighted by atomic mass is 16.5. The second-order valence-electron chi connectivity index (χ2n) is 22.4. The fourth-order valence-electron chi connectivity index (χ4n) is 13.8. The average molecular weight is 1040 g/mol. The van der Waals surface area contributed by atoms with Gasteiger partial charge in [-0.15, -0.1) is 0 Å². The maximum absolute atomic E-state index is 12.3.